The molecule has 1 aliphatic rings. The van der Waals surface area contributed by atoms with Crippen LogP contribution >= 0.6 is 0 Å². The Hall–Kier alpha value is -1.92. The van der Waals surface area contributed by atoms with E-state index in [0.717, 1.165) is 5.56 Å². The molecule has 0 aromatic heterocycles. The average molecular weight is 420 g/mol. The minimum Gasteiger partial charge on any atom is -0.462 e. The SMILES string of the molecule is CC(C)OC(=O)[C@@H]1CC[C@H](C(C(=O)OC(C)(C)C)C(C)(C)O)N1Cc1ccccc1. The summed E-state index contributed by atoms with van der Waals surface area (Å²) in [5.41, 5.74) is -0.941. The summed E-state index contributed by atoms with van der Waals surface area (Å²) in [5.74, 6) is -1.53. The highest BCUT2D eigenvalue weighted by Crippen LogP contribution is 2.37. The molecule has 0 aliphatic carbocycles. The van der Waals surface area contributed by atoms with Gasteiger partial charge in [-0.15, -0.1) is 0 Å². The Bertz CT molecular complexity index is 717. The monoisotopic (exact) mass is 419 g/mol. The Labute approximate surface area is 180 Å². The third kappa shape index (κ3) is 6.54. The quantitative estimate of drug-likeness (QED) is 0.679. The van der Waals surface area contributed by atoms with Crippen molar-refractivity contribution in [1.82, 2.24) is 4.90 Å². The first kappa shape index (κ1) is 24.4. The van der Waals surface area contributed by atoms with Crippen LogP contribution in [0.25, 0.3) is 0 Å². The van der Waals surface area contributed by atoms with Gasteiger partial charge in [-0.1, -0.05) is 30.3 Å². The molecule has 0 saturated carbocycles. The van der Waals surface area contributed by atoms with E-state index in [2.05, 4.69) is 0 Å². The summed E-state index contributed by atoms with van der Waals surface area (Å²) in [5, 5.41) is 10.9. The summed E-state index contributed by atoms with van der Waals surface area (Å²) in [6.45, 7) is 12.8. The van der Waals surface area contributed by atoms with Crippen molar-refractivity contribution in [2.45, 2.75) is 97.2 Å². The van der Waals surface area contributed by atoms with Crippen molar-refractivity contribution >= 4 is 11.9 Å². The first-order chi connectivity index (χ1) is 13.8. The molecule has 0 amide bonds. The van der Waals surface area contributed by atoms with E-state index in [-0.39, 0.29) is 18.1 Å². The lowest BCUT2D eigenvalue weighted by Crippen LogP contribution is -2.53. The van der Waals surface area contributed by atoms with Crippen LogP contribution in [0.15, 0.2) is 30.3 Å². The number of benzene rings is 1. The normalized spacial score (nSPS) is 21.5. The van der Waals surface area contributed by atoms with Crippen LogP contribution < -0.4 is 0 Å². The van der Waals surface area contributed by atoms with Gasteiger partial charge in [0.25, 0.3) is 0 Å². The highest BCUT2D eigenvalue weighted by Gasteiger charge is 2.50. The van der Waals surface area contributed by atoms with Gasteiger partial charge in [-0.25, -0.2) is 0 Å². The van der Waals surface area contributed by atoms with E-state index < -0.39 is 29.1 Å². The number of likely N-dealkylation sites (tertiary alicyclic amines) is 1. The van der Waals surface area contributed by atoms with Crippen molar-refractivity contribution in [1.29, 1.82) is 0 Å². The largest absolute Gasteiger partial charge is 0.462 e. The van der Waals surface area contributed by atoms with Crippen molar-refractivity contribution < 1.29 is 24.2 Å². The van der Waals surface area contributed by atoms with E-state index in [1.807, 2.05) is 69.9 Å². The minimum atomic E-state index is -1.31. The van der Waals surface area contributed by atoms with E-state index in [1.54, 1.807) is 13.8 Å². The second kappa shape index (κ2) is 9.48. The van der Waals surface area contributed by atoms with E-state index in [0.29, 0.717) is 19.4 Å². The molecule has 2 rings (SSSR count). The number of esters is 2. The van der Waals surface area contributed by atoms with Gasteiger partial charge in [0.05, 0.1) is 11.7 Å². The van der Waals surface area contributed by atoms with Crippen LogP contribution in [-0.4, -0.2) is 51.3 Å². The molecule has 30 heavy (non-hydrogen) atoms. The fourth-order valence-corrected chi connectivity index (χ4v) is 4.12. The lowest BCUT2D eigenvalue weighted by atomic mass is 9.83. The smallest absolute Gasteiger partial charge is 0.323 e. The molecule has 1 aromatic carbocycles. The third-order valence-electron chi connectivity index (χ3n) is 5.20. The fourth-order valence-electron chi connectivity index (χ4n) is 4.12. The third-order valence-corrected chi connectivity index (χ3v) is 5.20. The van der Waals surface area contributed by atoms with Gasteiger partial charge in [0, 0.05) is 12.6 Å². The first-order valence-electron chi connectivity index (χ1n) is 10.7. The van der Waals surface area contributed by atoms with Crippen molar-refractivity contribution in [3.05, 3.63) is 35.9 Å². The lowest BCUT2D eigenvalue weighted by Gasteiger charge is -2.39. The highest BCUT2D eigenvalue weighted by atomic mass is 16.6. The maximum absolute atomic E-state index is 13.1. The van der Waals surface area contributed by atoms with Gasteiger partial charge in [-0.3, -0.25) is 14.5 Å². The topological polar surface area (TPSA) is 76.1 Å². The van der Waals surface area contributed by atoms with Crippen molar-refractivity contribution in [3.63, 3.8) is 0 Å². The molecule has 6 heteroatoms. The molecule has 1 aliphatic heterocycles. The number of hydrogen-bond acceptors (Lipinski definition) is 6. The summed E-state index contributed by atoms with van der Waals surface area (Å²) in [6.07, 6.45) is 0.947. The van der Waals surface area contributed by atoms with E-state index in [9.17, 15) is 14.7 Å². The Morgan fingerprint density at radius 1 is 1.10 bits per heavy atom. The standard InChI is InChI=1S/C24H37NO5/c1-16(2)29-21(26)19-14-13-18(25(19)15-17-11-9-8-10-12-17)20(24(6,7)28)22(27)30-23(3,4)5/h8-12,16,18-20,28H,13-15H2,1-7H3/t18-,19+,20?/m1/s1. The molecule has 1 N–H and O–H groups in total. The Morgan fingerprint density at radius 2 is 1.70 bits per heavy atom. The predicted molar refractivity (Wildman–Crippen MR) is 116 cm³/mol. The van der Waals surface area contributed by atoms with Crippen molar-refractivity contribution in [2.75, 3.05) is 0 Å². The van der Waals surface area contributed by atoms with E-state index in [4.69, 9.17) is 9.47 Å². The molecule has 6 nitrogen and oxygen atoms in total. The molecular weight excluding hydrogens is 382 g/mol. The number of aliphatic hydroxyl groups is 1. The molecule has 1 fully saturated rings. The molecule has 0 bridgehead atoms. The van der Waals surface area contributed by atoms with Crippen LogP contribution in [-0.2, 0) is 25.6 Å². The number of rotatable bonds is 7. The molecule has 1 unspecified atom stereocenters. The van der Waals surface area contributed by atoms with Crippen molar-refractivity contribution in [3.8, 4) is 0 Å². The number of ether oxygens (including phenoxy) is 2. The van der Waals surface area contributed by atoms with Gasteiger partial charge >= 0.3 is 11.9 Å². The van der Waals surface area contributed by atoms with Crippen LogP contribution in [0.1, 0.15) is 66.9 Å². The molecule has 3 atom stereocenters. The average Bonchev–Trinajstić information content (AvgIpc) is 2.95. The van der Waals surface area contributed by atoms with Gasteiger partial charge in [0.15, 0.2) is 0 Å². The maximum Gasteiger partial charge on any atom is 0.323 e. The lowest BCUT2D eigenvalue weighted by molar-refractivity contribution is -0.174. The molecule has 1 aromatic rings. The zero-order valence-electron chi connectivity index (χ0n) is 19.3. The Balaban J connectivity index is 2.39. The van der Waals surface area contributed by atoms with E-state index in [1.165, 1.54) is 0 Å². The molecule has 1 saturated heterocycles. The minimum absolute atomic E-state index is 0.217. The van der Waals surface area contributed by atoms with Gasteiger partial charge in [-0.05, 0) is 66.9 Å². The van der Waals surface area contributed by atoms with E-state index >= 15 is 0 Å². The summed E-state index contributed by atoms with van der Waals surface area (Å²) in [6, 6.07) is 9.01. The van der Waals surface area contributed by atoms with Crippen LogP contribution in [0.5, 0.6) is 0 Å². The maximum atomic E-state index is 13.1. The number of carbonyl (C=O) groups excluding carboxylic acids is 2. The molecule has 0 spiro atoms. The first-order valence-corrected chi connectivity index (χ1v) is 10.7. The predicted octanol–water partition coefficient (Wildman–Crippen LogP) is 3.70. The number of nitrogens with zero attached hydrogens (tertiary/aromatic N) is 1. The summed E-state index contributed by atoms with van der Waals surface area (Å²) < 4.78 is 11.2. The Kier molecular flexibility index (Phi) is 7.69. The van der Waals surface area contributed by atoms with Crippen LogP contribution in [0.3, 0.4) is 0 Å². The zero-order chi connectivity index (χ0) is 22.7. The van der Waals surface area contributed by atoms with Crippen LogP contribution in [0.2, 0.25) is 0 Å². The molecular formula is C24H37NO5. The fraction of sp³-hybridized carbons (Fsp3) is 0.667. The van der Waals surface area contributed by atoms with Gasteiger partial charge in [0.1, 0.15) is 17.6 Å². The molecule has 0 radical (unpaired) electrons. The second-order valence-corrected chi connectivity index (χ2v) is 9.97. The highest BCUT2D eigenvalue weighted by molar-refractivity contribution is 5.78. The van der Waals surface area contributed by atoms with Gasteiger partial charge < -0.3 is 14.6 Å². The number of carbonyl (C=O) groups is 2. The molecule has 168 valence electrons. The Morgan fingerprint density at radius 3 is 2.20 bits per heavy atom. The van der Waals surface area contributed by atoms with Crippen molar-refractivity contribution in [2.24, 2.45) is 5.92 Å². The number of hydrogen-bond donors (Lipinski definition) is 1. The van der Waals surface area contributed by atoms with Gasteiger partial charge in [0.2, 0.25) is 0 Å². The van der Waals surface area contributed by atoms with Crippen LogP contribution in [0, 0.1) is 5.92 Å². The van der Waals surface area contributed by atoms with Gasteiger partial charge in [-0.2, -0.15) is 0 Å². The zero-order valence-corrected chi connectivity index (χ0v) is 19.3. The second-order valence-electron chi connectivity index (χ2n) is 9.97. The molecule has 1 heterocycles. The summed E-state index contributed by atoms with van der Waals surface area (Å²) >= 11 is 0. The summed E-state index contributed by atoms with van der Waals surface area (Å²) in [7, 11) is 0. The summed E-state index contributed by atoms with van der Waals surface area (Å²) in [4.78, 5) is 28.0. The van der Waals surface area contributed by atoms with Crippen LogP contribution in [0.4, 0.5) is 0 Å².